The Morgan fingerprint density at radius 1 is 1.24 bits per heavy atom. The molecule has 0 aliphatic carbocycles. The minimum absolute atomic E-state index is 0.853. The minimum atomic E-state index is 0.853. The predicted octanol–water partition coefficient (Wildman–Crippen LogP) is 2.76. The molecule has 0 unspecified atom stereocenters. The number of fused-ring (bicyclic) bond motifs is 1. The van der Waals surface area contributed by atoms with Gasteiger partial charge < -0.3 is 9.84 Å². The molecule has 1 N–H and O–H groups in total. The fourth-order valence-electron chi connectivity index (χ4n) is 2.63. The van der Waals surface area contributed by atoms with Gasteiger partial charge in [0.15, 0.2) is 5.58 Å². The van der Waals surface area contributed by atoms with Crippen molar-refractivity contribution in [3.63, 3.8) is 0 Å². The summed E-state index contributed by atoms with van der Waals surface area (Å²) in [5.74, 6) is 0.853. The number of rotatable bonds is 3. The largest absolute Gasteiger partial charge is 0.356 e. The quantitative estimate of drug-likeness (QED) is 0.881. The Hall–Kier alpha value is -1.35. The second-order valence-electron chi connectivity index (χ2n) is 4.86. The standard InChI is InChI=1S/C14H18N2O/c1-2-4-14-12(3-1)13(16-17-14)6-5-11-7-9-15-10-8-11/h1-4,11,15H,5-10H2. The van der Waals surface area contributed by atoms with Crippen molar-refractivity contribution >= 4 is 11.0 Å². The fraction of sp³-hybridized carbons (Fsp3) is 0.500. The van der Waals surface area contributed by atoms with Crippen LogP contribution in [0.15, 0.2) is 28.8 Å². The Balaban J connectivity index is 1.68. The molecule has 3 rings (SSSR count). The summed E-state index contributed by atoms with van der Waals surface area (Å²) in [6, 6.07) is 8.12. The van der Waals surface area contributed by atoms with Crippen molar-refractivity contribution in [1.29, 1.82) is 0 Å². The van der Waals surface area contributed by atoms with E-state index in [1.807, 2.05) is 18.2 Å². The molecule has 0 radical (unpaired) electrons. The Labute approximate surface area is 101 Å². The minimum Gasteiger partial charge on any atom is -0.356 e. The second kappa shape index (κ2) is 4.88. The van der Waals surface area contributed by atoms with Crippen LogP contribution in [0.1, 0.15) is 25.0 Å². The van der Waals surface area contributed by atoms with Gasteiger partial charge in [-0.25, -0.2) is 0 Å². The van der Waals surface area contributed by atoms with Crippen molar-refractivity contribution in [2.75, 3.05) is 13.1 Å². The Morgan fingerprint density at radius 2 is 2.06 bits per heavy atom. The van der Waals surface area contributed by atoms with Gasteiger partial charge in [0.05, 0.1) is 5.69 Å². The molecule has 0 saturated carbocycles. The summed E-state index contributed by atoms with van der Waals surface area (Å²) in [5.41, 5.74) is 2.03. The van der Waals surface area contributed by atoms with Crippen molar-refractivity contribution in [2.45, 2.75) is 25.7 Å². The lowest BCUT2D eigenvalue weighted by Gasteiger charge is -2.21. The number of benzene rings is 1. The number of hydrogen-bond donors (Lipinski definition) is 1. The van der Waals surface area contributed by atoms with Gasteiger partial charge in [-0.2, -0.15) is 0 Å². The predicted molar refractivity (Wildman–Crippen MR) is 67.9 cm³/mol. The first-order valence-corrected chi connectivity index (χ1v) is 6.47. The number of nitrogens with zero attached hydrogens (tertiary/aromatic N) is 1. The molecule has 1 aromatic carbocycles. The van der Waals surface area contributed by atoms with E-state index in [4.69, 9.17) is 4.52 Å². The smallest absolute Gasteiger partial charge is 0.167 e. The zero-order valence-corrected chi connectivity index (χ0v) is 9.98. The van der Waals surface area contributed by atoms with E-state index in [0.29, 0.717) is 0 Å². The number of aromatic nitrogens is 1. The van der Waals surface area contributed by atoms with Gasteiger partial charge in [-0.1, -0.05) is 17.3 Å². The molecule has 2 heterocycles. The van der Waals surface area contributed by atoms with Crippen LogP contribution >= 0.6 is 0 Å². The van der Waals surface area contributed by atoms with Crippen molar-refractivity contribution in [2.24, 2.45) is 5.92 Å². The van der Waals surface area contributed by atoms with Gasteiger partial charge in [0.1, 0.15) is 0 Å². The van der Waals surface area contributed by atoms with Crippen LogP contribution in [0, 0.1) is 5.92 Å². The third kappa shape index (κ3) is 2.34. The van der Waals surface area contributed by atoms with Crippen molar-refractivity contribution < 1.29 is 4.52 Å². The lowest BCUT2D eigenvalue weighted by Crippen LogP contribution is -2.27. The summed E-state index contributed by atoms with van der Waals surface area (Å²) in [5, 5.41) is 8.77. The maximum atomic E-state index is 5.33. The number of piperidine rings is 1. The van der Waals surface area contributed by atoms with Crippen molar-refractivity contribution in [1.82, 2.24) is 10.5 Å². The number of nitrogens with one attached hydrogen (secondary N) is 1. The van der Waals surface area contributed by atoms with E-state index in [9.17, 15) is 0 Å². The van der Waals surface area contributed by atoms with E-state index < -0.39 is 0 Å². The maximum Gasteiger partial charge on any atom is 0.167 e. The van der Waals surface area contributed by atoms with Crippen LogP contribution in [0.3, 0.4) is 0 Å². The fourth-order valence-corrected chi connectivity index (χ4v) is 2.63. The van der Waals surface area contributed by atoms with Crippen LogP contribution in [0.4, 0.5) is 0 Å². The highest BCUT2D eigenvalue weighted by molar-refractivity contribution is 5.79. The van der Waals surface area contributed by atoms with Gasteiger partial charge in [0.25, 0.3) is 0 Å². The van der Waals surface area contributed by atoms with Crippen molar-refractivity contribution in [3.8, 4) is 0 Å². The first kappa shape index (κ1) is 10.8. The summed E-state index contributed by atoms with van der Waals surface area (Å²) in [6.45, 7) is 2.34. The lowest BCUT2D eigenvalue weighted by atomic mass is 9.92. The second-order valence-corrected chi connectivity index (χ2v) is 4.86. The molecule has 0 atom stereocenters. The topological polar surface area (TPSA) is 38.1 Å². The molecule has 1 saturated heterocycles. The Morgan fingerprint density at radius 3 is 2.94 bits per heavy atom. The van der Waals surface area contributed by atoms with E-state index in [-0.39, 0.29) is 0 Å². The lowest BCUT2D eigenvalue weighted by molar-refractivity contribution is 0.350. The molecule has 0 amide bonds. The zero-order valence-electron chi connectivity index (χ0n) is 9.98. The summed E-state index contributed by atoms with van der Waals surface area (Å²) in [4.78, 5) is 0. The number of aryl methyl sites for hydroxylation is 1. The van der Waals surface area contributed by atoms with Crippen LogP contribution < -0.4 is 5.32 Å². The SMILES string of the molecule is c1ccc2c(CCC3CCNCC3)noc2c1. The summed E-state index contributed by atoms with van der Waals surface area (Å²) in [7, 11) is 0. The highest BCUT2D eigenvalue weighted by atomic mass is 16.5. The van der Waals surface area contributed by atoms with Gasteiger partial charge >= 0.3 is 0 Å². The Bertz CT molecular complexity index is 486. The van der Waals surface area contributed by atoms with E-state index in [0.717, 1.165) is 23.6 Å². The Kier molecular flexibility index (Phi) is 3.10. The summed E-state index contributed by atoms with van der Waals surface area (Å²) < 4.78 is 5.33. The average Bonchev–Trinajstić information content (AvgIpc) is 2.81. The summed E-state index contributed by atoms with van der Waals surface area (Å²) in [6.07, 6.45) is 4.88. The van der Waals surface area contributed by atoms with Gasteiger partial charge in [-0.3, -0.25) is 0 Å². The van der Waals surface area contributed by atoms with Crippen LogP contribution in [-0.2, 0) is 6.42 Å². The van der Waals surface area contributed by atoms with Crippen LogP contribution in [-0.4, -0.2) is 18.2 Å². The molecular weight excluding hydrogens is 212 g/mol. The molecule has 17 heavy (non-hydrogen) atoms. The highest BCUT2D eigenvalue weighted by Gasteiger charge is 2.14. The maximum absolute atomic E-state index is 5.33. The first-order chi connectivity index (χ1) is 8.43. The molecule has 1 fully saturated rings. The molecule has 3 nitrogen and oxygen atoms in total. The monoisotopic (exact) mass is 230 g/mol. The zero-order chi connectivity index (χ0) is 11.5. The third-order valence-corrected chi connectivity index (χ3v) is 3.70. The van der Waals surface area contributed by atoms with E-state index in [2.05, 4.69) is 16.5 Å². The molecule has 1 aliphatic heterocycles. The van der Waals surface area contributed by atoms with Crippen LogP contribution in [0.5, 0.6) is 0 Å². The highest BCUT2D eigenvalue weighted by Crippen LogP contribution is 2.23. The molecule has 2 aromatic rings. The molecule has 0 spiro atoms. The van der Waals surface area contributed by atoms with Gasteiger partial charge in [0, 0.05) is 5.39 Å². The van der Waals surface area contributed by atoms with Crippen LogP contribution in [0.25, 0.3) is 11.0 Å². The number of para-hydroxylation sites is 1. The van der Waals surface area contributed by atoms with Crippen molar-refractivity contribution in [3.05, 3.63) is 30.0 Å². The first-order valence-electron chi connectivity index (χ1n) is 6.47. The molecule has 90 valence electrons. The molecule has 0 bridgehead atoms. The molecular formula is C14H18N2O. The molecule has 3 heteroatoms. The van der Waals surface area contributed by atoms with Gasteiger partial charge in [0.2, 0.25) is 0 Å². The average molecular weight is 230 g/mol. The third-order valence-electron chi connectivity index (χ3n) is 3.70. The number of hydrogen-bond acceptors (Lipinski definition) is 3. The van der Waals surface area contributed by atoms with Crippen LogP contribution in [0.2, 0.25) is 0 Å². The van der Waals surface area contributed by atoms with Gasteiger partial charge in [-0.05, 0) is 56.8 Å². The molecule has 1 aliphatic rings. The van der Waals surface area contributed by atoms with E-state index in [1.165, 1.54) is 37.7 Å². The normalized spacial score (nSPS) is 17.6. The van der Waals surface area contributed by atoms with Gasteiger partial charge in [-0.15, -0.1) is 0 Å². The van der Waals surface area contributed by atoms with E-state index in [1.54, 1.807) is 0 Å². The molecule has 1 aromatic heterocycles. The van der Waals surface area contributed by atoms with E-state index >= 15 is 0 Å². The summed E-state index contributed by atoms with van der Waals surface area (Å²) >= 11 is 0.